The van der Waals surface area contributed by atoms with Crippen molar-refractivity contribution in [1.29, 1.82) is 0 Å². The fourth-order valence-corrected chi connectivity index (χ4v) is 2.32. The highest BCUT2D eigenvalue weighted by Gasteiger charge is 2.20. The Morgan fingerprint density at radius 2 is 1.94 bits per heavy atom. The van der Waals surface area contributed by atoms with Crippen LogP contribution in [0.15, 0.2) is 12.7 Å². The quantitative estimate of drug-likeness (QED) is 0.565. The van der Waals surface area contributed by atoms with Gasteiger partial charge in [0.05, 0.1) is 0 Å². The number of likely N-dealkylation sites (tertiary alicyclic amines) is 1. The molecule has 1 aliphatic rings. The average Bonchev–Trinajstić information content (AvgIpc) is 2.27. The molecular formula is C15H30N2. The first kappa shape index (κ1) is 14.7. The first-order valence-electron chi connectivity index (χ1n) is 7.09. The third kappa shape index (κ3) is 6.85. The molecule has 1 rings (SSSR count). The van der Waals surface area contributed by atoms with Crippen LogP contribution in [0, 0.1) is 5.92 Å². The molecule has 0 unspecified atom stereocenters. The van der Waals surface area contributed by atoms with Crippen molar-refractivity contribution < 1.29 is 0 Å². The van der Waals surface area contributed by atoms with Crippen LogP contribution in [-0.4, -0.2) is 36.6 Å². The van der Waals surface area contributed by atoms with Crippen LogP contribution in [0.3, 0.4) is 0 Å². The average molecular weight is 238 g/mol. The minimum atomic E-state index is 0.265. The molecule has 0 atom stereocenters. The van der Waals surface area contributed by atoms with Crippen LogP contribution >= 0.6 is 0 Å². The van der Waals surface area contributed by atoms with E-state index in [9.17, 15) is 0 Å². The molecule has 100 valence electrons. The molecular weight excluding hydrogens is 208 g/mol. The Labute approximate surface area is 107 Å². The molecule has 1 fully saturated rings. The highest BCUT2D eigenvalue weighted by Crippen LogP contribution is 2.17. The third-order valence-corrected chi connectivity index (χ3v) is 3.51. The van der Waals surface area contributed by atoms with Crippen LogP contribution in [0.5, 0.6) is 0 Å². The first-order chi connectivity index (χ1) is 8.01. The van der Waals surface area contributed by atoms with Crippen molar-refractivity contribution in [2.75, 3.05) is 26.2 Å². The number of hydrogen-bond acceptors (Lipinski definition) is 2. The molecule has 0 saturated carbocycles. The van der Waals surface area contributed by atoms with Crippen molar-refractivity contribution in [3.05, 3.63) is 12.7 Å². The van der Waals surface area contributed by atoms with E-state index in [2.05, 4.69) is 37.6 Å². The van der Waals surface area contributed by atoms with Crippen molar-refractivity contribution in [1.82, 2.24) is 10.2 Å². The molecule has 0 spiro atoms. The maximum atomic E-state index is 3.78. The minimum Gasteiger partial charge on any atom is -0.312 e. The van der Waals surface area contributed by atoms with Gasteiger partial charge in [0.25, 0.3) is 0 Å². The van der Waals surface area contributed by atoms with E-state index in [0.29, 0.717) is 0 Å². The predicted octanol–water partition coefficient (Wildman–Crippen LogP) is 3.05. The summed E-state index contributed by atoms with van der Waals surface area (Å²) in [6, 6.07) is 0. The lowest BCUT2D eigenvalue weighted by Gasteiger charge is -2.33. The molecule has 1 N–H and O–H groups in total. The molecule has 2 nitrogen and oxygen atoms in total. The Morgan fingerprint density at radius 1 is 1.29 bits per heavy atom. The van der Waals surface area contributed by atoms with Gasteiger partial charge < -0.3 is 10.2 Å². The summed E-state index contributed by atoms with van der Waals surface area (Å²) in [5.74, 6) is 0.880. The van der Waals surface area contributed by atoms with E-state index in [0.717, 1.165) is 12.3 Å². The predicted molar refractivity (Wildman–Crippen MR) is 76.4 cm³/mol. The lowest BCUT2D eigenvalue weighted by atomic mass is 9.95. The summed E-state index contributed by atoms with van der Waals surface area (Å²) in [5.41, 5.74) is 0.265. The molecule has 17 heavy (non-hydrogen) atoms. The second-order valence-corrected chi connectivity index (χ2v) is 6.35. The van der Waals surface area contributed by atoms with Crippen molar-refractivity contribution in [2.45, 2.75) is 52.0 Å². The normalized spacial score (nSPS) is 19.5. The van der Waals surface area contributed by atoms with Crippen LogP contribution < -0.4 is 5.32 Å². The second-order valence-electron chi connectivity index (χ2n) is 6.35. The van der Waals surface area contributed by atoms with E-state index in [4.69, 9.17) is 0 Å². The number of nitrogens with one attached hydrogen (secondary N) is 1. The number of hydrogen-bond donors (Lipinski definition) is 1. The maximum Gasteiger partial charge on any atom is 0.00966 e. The van der Waals surface area contributed by atoms with Gasteiger partial charge in [0.15, 0.2) is 0 Å². The summed E-state index contributed by atoms with van der Waals surface area (Å²) in [6.07, 6.45) is 7.17. The van der Waals surface area contributed by atoms with Gasteiger partial charge in [-0.1, -0.05) is 6.08 Å². The number of piperidine rings is 1. The molecule has 0 radical (unpaired) electrons. The van der Waals surface area contributed by atoms with E-state index in [1.165, 1.54) is 45.4 Å². The minimum absolute atomic E-state index is 0.265. The van der Waals surface area contributed by atoms with Gasteiger partial charge in [-0.05, 0) is 78.6 Å². The zero-order valence-electron chi connectivity index (χ0n) is 12.0. The first-order valence-corrected chi connectivity index (χ1v) is 7.09. The molecule has 2 heteroatoms. The molecule has 0 amide bonds. The van der Waals surface area contributed by atoms with Gasteiger partial charge in [-0.15, -0.1) is 6.58 Å². The van der Waals surface area contributed by atoms with E-state index in [-0.39, 0.29) is 5.54 Å². The summed E-state index contributed by atoms with van der Waals surface area (Å²) < 4.78 is 0. The monoisotopic (exact) mass is 238 g/mol. The summed E-state index contributed by atoms with van der Waals surface area (Å²) in [5, 5.41) is 3.63. The van der Waals surface area contributed by atoms with Gasteiger partial charge in [-0.3, -0.25) is 0 Å². The summed E-state index contributed by atoms with van der Waals surface area (Å²) in [6.45, 7) is 15.5. The van der Waals surface area contributed by atoms with Gasteiger partial charge in [-0.2, -0.15) is 0 Å². The van der Waals surface area contributed by atoms with Gasteiger partial charge in [-0.25, -0.2) is 0 Å². The Balaban J connectivity index is 2.11. The molecule has 1 heterocycles. The zero-order valence-corrected chi connectivity index (χ0v) is 12.0. The molecule has 0 bridgehead atoms. The van der Waals surface area contributed by atoms with E-state index < -0.39 is 0 Å². The number of nitrogens with zero attached hydrogens (tertiary/aromatic N) is 1. The third-order valence-electron chi connectivity index (χ3n) is 3.51. The summed E-state index contributed by atoms with van der Waals surface area (Å²) in [7, 11) is 0. The van der Waals surface area contributed by atoms with Crippen molar-refractivity contribution in [3.8, 4) is 0 Å². The highest BCUT2D eigenvalue weighted by atomic mass is 15.1. The number of allylic oxidation sites excluding steroid dienone is 1. The van der Waals surface area contributed by atoms with Gasteiger partial charge in [0, 0.05) is 5.54 Å². The smallest absolute Gasteiger partial charge is 0.00966 e. The van der Waals surface area contributed by atoms with E-state index in [1.54, 1.807) is 0 Å². The fourth-order valence-electron chi connectivity index (χ4n) is 2.32. The second kappa shape index (κ2) is 7.17. The lowest BCUT2D eigenvalue weighted by molar-refractivity contribution is 0.175. The van der Waals surface area contributed by atoms with Crippen LogP contribution in [0.2, 0.25) is 0 Å². The standard InChI is InChI=1S/C15H30N2/c1-5-6-7-10-17-11-8-14(9-12-17)13-16-15(2,3)4/h5,14,16H,1,6-13H2,2-4H3. The van der Waals surface area contributed by atoms with Crippen LogP contribution in [0.4, 0.5) is 0 Å². The molecule has 0 aliphatic carbocycles. The van der Waals surface area contributed by atoms with Crippen molar-refractivity contribution in [3.63, 3.8) is 0 Å². The highest BCUT2D eigenvalue weighted by molar-refractivity contribution is 4.78. The molecule has 0 aromatic heterocycles. The summed E-state index contributed by atoms with van der Waals surface area (Å²) >= 11 is 0. The summed E-state index contributed by atoms with van der Waals surface area (Å²) in [4.78, 5) is 2.61. The van der Waals surface area contributed by atoms with Crippen molar-refractivity contribution >= 4 is 0 Å². The van der Waals surface area contributed by atoms with Crippen LogP contribution in [0.25, 0.3) is 0 Å². The molecule has 0 aromatic carbocycles. The van der Waals surface area contributed by atoms with E-state index in [1.807, 2.05) is 6.08 Å². The topological polar surface area (TPSA) is 15.3 Å². The SMILES string of the molecule is C=CCCCN1CCC(CNC(C)(C)C)CC1. The van der Waals surface area contributed by atoms with Gasteiger partial charge >= 0.3 is 0 Å². The Bertz CT molecular complexity index is 209. The number of unbranched alkanes of at least 4 members (excludes halogenated alkanes) is 1. The Kier molecular flexibility index (Phi) is 6.21. The largest absolute Gasteiger partial charge is 0.312 e. The van der Waals surface area contributed by atoms with Gasteiger partial charge in [0.1, 0.15) is 0 Å². The molecule has 1 saturated heterocycles. The van der Waals surface area contributed by atoms with Crippen LogP contribution in [-0.2, 0) is 0 Å². The molecule has 1 aliphatic heterocycles. The number of rotatable bonds is 6. The Morgan fingerprint density at radius 3 is 2.47 bits per heavy atom. The lowest BCUT2D eigenvalue weighted by Crippen LogP contribution is -2.43. The maximum absolute atomic E-state index is 3.78. The molecule has 0 aromatic rings. The van der Waals surface area contributed by atoms with Crippen molar-refractivity contribution in [2.24, 2.45) is 5.92 Å². The van der Waals surface area contributed by atoms with Gasteiger partial charge in [0.2, 0.25) is 0 Å². The van der Waals surface area contributed by atoms with Crippen LogP contribution in [0.1, 0.15) is 46.5 Å². The zero-order chi connectivity index (χ0) is 12.7. The van der Waals surface area contributed by atoms with E-state index >= 15 is 0 Å². The Hall–Kier alpha value is -0.340. The fraction of sp³-hybridized carbons (Fsp3) is 0.867.